The van der Waals surface area contributed by atoms with Crippen LogP contribution in [0.15, 0.2) is 29.3 Å². The van der Waals surface area contributed by atoms with E-state index in [1.165, 1.54) is 12.4 Å². The highest BCUT2D eigenvalue weighted by atomic mass is 35.5. The molecule has 158 valence electrons. The molecule has 0 bridgehead atoms. The van der Waals surface area contributed by atoms with E-state index in [4.69, 9.17) is 27.2 Å². The summed E-state index contributed by atoms with van der Waals surface area (Å²) in [6, 6.07) is 0.173. The van der Waals surface area contributed by atoms with Crippen LogP contribution in [0.4, 0.5) is 10.6 Å². The number of anilines is 1. The number of fused-ring (bicyclic) bond motifs is 2. The number of ether oxygens (including phenoxy) is 1. The van der Waals surface area contributed by atoms with Crippen molar-refractivity contribution in [1.29, 1.82) is 0 Å². The van der Waals surface area contributed by atoms with E-state index in [1.54, 1.807) is 0 Å². The second-order valence-electron chi connectivity index (χ2n) is 8.54. The fourth-order valence-corrected chi connectivity index (χ4v) is 5.24. The van der Waals surface area contributed by atoms with Crippen LogP contribution >= 0.6 is 11.6 Å². The standard InChI is InChI=1S/C21H23ClN4O4/c1-10-2-5-15(23)14-8-25(7-13(10)14)20-17(22)18-12(6-24-20)19(27)16(30-21(28)29)9-26(18)11-3-4-11/h2,5-6,9-11,13-15H,3-4,7-8,23H2,1H3,(H,28,29)/t10-,13-,14-,15+/m0/s1. The van der Waals surface area contributed by atoms with Gasteiger partial charge in [-0.15, -0.1) is 0 Å². The van der Waals surface area contributed by atoms with E-state index in [1.807, 2.05) is 4.57 Å². The van der Waals surface area contributed by atoms with Crippen molar-refractivity contribution in [1.82, 2.24) is 9.55 Å². The molecule has 2 aliphatic carbocycles. The highest BCUT2D eigenvalue weighted by Gasteiger charge is 2.41. The molecule has 0 spiro atoms. The number of allylic oxidation sites excluding steroid dienone is 1. The topological polar surface area (TPSA) is 111 Å². The number of carboxylic acid groups (broad SMARTS) is 1. The molecule has 9 heteroatoms. The Labute approximate surface area is 177 Å². The molecule has 1 saturated heterocycles. The van der Waals surface area contributed by atoms with Crippen molar-refractivity contribution in [3.05, 3.63) is 39.8 Å². The largest absolute Gasteiger partial charge is 0.511 e. The second-order valence-corrected chi connectivity index (χ2v) is 8.92. The van der Waals surface area contributed by atoms with Gasteiger partial charge in [0.25, 0.3) is 0 Å². The highest BCUT2D eigenvalue weighted by molar-refractivity contribution is 6.37. The van der Waals surface area contributed by atoms with Crippen molar-refractivity contribution in [2.45, 2.75) is 31.8 Å². The van der Waals surface area contributed by atoms with Crippen molar-refractivity contribution < 1.29 is 14.6 Å². The summed E-state index contributed by atoms with van der Waals surface area (Å²) in [5.74, 6) is 1.59. The molecule has 4 atom stereocenters. The maximum Gasteiger partial charge on any atom is 0.511 e. The zero-order valence-electron chi connectivity index (χ0n) is 16.5. The van der Waals surface area contributed by atoms with Gasteiger partial charge >= 0.3 is 6.16 Å². The first-order valence-corrected chi connectivity index (χ1v) is 10.6. The van der Waals surface area contributed by atoms with Gasteiger partial charge in [0.05, 0.1) is 17.1 Å². The van der Waals surface area contributed by atoms with Gasteiger partial charge in [0.15, 0.2) is 5.75 Å². The molecule has 30 heavy (non-hydrogen) atoms. The minimum Gasteiger partial charge on any atom is -0.449 e. The maximum absolute atomic E-state index is 12.8. The Morgan fingerprint density at radius 2 is 2.03 bits per heavy atom. The van der Waals surface area contributed by atoms with Gasteiger partial charge in [0.2, 0.25) is 5.43 Å². The van der Waals surface area contributed by atoms with Gasteiger partial charge in [-0.2, -0.15) is 0 Å². The number of rotatable bonds is 3. The second kappa shape index (κ2) is 6.99. The summed E-state index contributed by atoms with van der Waals surface area (Å²) < 4.78 is 6.57. The third-order valence-corrected chi connectivity index (χ3v) is 6.96. The minimum absolute atomic E-state index is 0.0100. The smallest absolute Gasteiger partial charge is 0.449 e. The quantitative estimate of drug-likeness (QED) is 0.568. The number of hydrogen-bond acceptors (Lipinski definition) is 6. The zero-order valence-corrected chi connectivity index (χ0v) is 17.2. The van der Waals surface area contributed by atoms with Gasteiger partial charge in [0, 0.05) is 37.3 Å². The monoisotopic (exact) mass is 430 g/mol. The van der Waals surface area contributed by atoms with E-state index in [-0.39, 0.29) is 23.2 Å². The lowest BCUT2D eigenvalue weighted by Crippen LogP contribution is -2.38. The fraction of sp³-hybridized carbons (Fsp3) is 0.476. The lowest BCUT2D eigenvalue weighted by atomic mass is 9.77. The predicted octanol–water partition coefficient (Wildman–Crippen LogP) is 3.03. The molecule has 0 amide bonds. The van der Waals surface area contributed by atoms with Crippen LogP contribution in [0.2, 0.25) is 5.02 Å². The summed E-state index contributed by atoms with van der Waals surface area (Å²) in [6.45, 7) is 3.76. The Morgan fingerprint density at radius 1 is 1.30 bits per heavy atom. The van der Waals surface area contributed by atoms with Crippen molar-refractivity contribution in [2.24, 2.45) is 23.5 Å². The van der Waals surface area contributed by atoms with Crippen LogP contribution in [-0.2, 0) is 0 Å². The molecular formula is C21H23ClN4O4. The van der Waals surface area contributed by atoms with Crippen molar-refractivity contribution in [3.8, 4) is 5.75 Å². The molecule has 3 N–H and O–H groups in total. The van der Waals surface area contributed by atoms with E-state index in [0.29, 0.717) is 34.1 Å². The SMILES string of the molecule is C[C@H]1C=C[C@@H](N)[C@H]2CN(c3ncc4c(=O)c(OC(=O)O)cn(C5CC5)c4c3Cl)C[C@H]21. The van der Waals surface area contributed by atoms with Gasteiger partial charge in [0.1, 0.15) is 10.8 Å². The van der Waals surface area contributed by atoms with Crippen LogP contribution in [0, 0.1) is 17.8 Å². The molecule has 1 aliphatic heterocycles. The molecule has 2 fully saturated rings. The van der Waals surface area contributed by atoms with Crippen molar-refractivity contribution in [2.75, 3.05) is 18.0 Å². The predicted molar refractivity (Wildman–Crippen MR) is 113 cm³/mol. The van der Waals surface area contributed by atoms with Crippen molar-refractivity contribution in [3.63, 3.8) is 0 Å². The maximum atomic E-state index is 12.8. The van der Waals surface area contributed by atoms with Crippen LogP contribution in [-0.4, -0.2) is 39.9 Å². The fourth-order valence-electron chi connectivity index (χ4n) is 4.88. The molecule has 0 radical (unpaired) electrons. The summed E-state index contributed by atoms with van der Waals surface area (Å²) >= 11 is 6.83. The molecule has 0 aromatic carbocycles. The van der Waals surface area contributed by atoms with Crippen LogP contribution in [0.25, 0.3) is 10.9 Å². The summed E-state index contributed by atoms with van der Waals surface area (Å²) in [5.41, 5.74) is 6.38. The number of nitrogens with zero attached hydrogens (tertiary/aromatic N) is 3. The molecule has 3 aliphatic rings. The number of halogens is 1. The Bertz CT molecular complexity index is 1110. The van der Waals surface area contributed by atoms with Gasteiger partial charge in [-0.05, 0) is 24.7 Å². The lowest BCUT2D eigenvalue weighted by Gasteiger charge is -2.30. The molecule has 3 heterocycles. The number of nitrogens with two attached hydrogens (primary N) is 1. The lowest BCUT2D eigenvalue weighted by molar-refractivity contribution is 0.143. The first-order valence-electron chi connectivity index (χ1n) is 10.2. The van der Waals surface area contributed by atoms with Crippen LogP contribution < -0.4 is 20.8 Å². The van der Waals surface area contributed by atoms with Gasteiger partial charge in [-0.1, -0.05) is 30.7 Å². The van der Waals surface area contributed by atoms with E-state index >= 15 is 0 Å². The summed E-state index contributed by atoms with van der Waals surface area (Å²) in [6.07, 6.45) is 7.55. The Balaban J connectivity index is 1.60. The molecule has 8 nitrogen and oxygen atoms in total. The molecule has 1 saturated carbocycles. The van der Waals surface area contributed by atoms with Crippen LogP contribution in [0.1, 0.15) is 25.8 Å². The van der Waals surface area contributed by atoms with Crippen LogP contribution in [0.3, 0.4) is 0 Å². The Hall–Kier alpha value is -2.58. The number of pyridine rings is 2. The van der Waals surface area contributed by atoms with E-state index in [2.05, 4.69) is 29.0 Å². The molecule has 0 unspecified atom stereocenters. The first kappa shape index (κ1) is 19.4. The molecule has 5 rings (SSSR count). The first-order chi connectivity index (χ1) is 14.3. The van der Waals surface area contributed by atoms with E-state index < -0.39 is 11.6 Å². The Kier molecular flexibility index (Phi) is 4.52. The molecule has 2 aromatic rings. The highest BCUT2D eigenvalue weighted by Crippen LogP contribution is 2.43. The average molecular weight is 431 g/mol. The van der Waals surface area contributed by atoms with Gasteiger partial charge in [-0.3, -0.25) is 4.79 Å². The normalized spacial score (nSPS) is 28.0. The van der Waals surface area contributed by atoms with E-state index in [9.17, 15) is 9.59 Å². The van der Waals surface area contributed by atoms with Gasteiger partial charge in [-0.25, -0.2) is 9.78 Å². The van der Waals surface area contributed by atoms with Gasteiger partial charge < -0.3 is 25.0 Å². The Morgan fingerprint density at radius 3 is 2.70 bits per heavy atom. The third-order valence-electron chi connectivity index (χ3n) is 6.61. The summed E-state index contributed by atoms with van der Waals surface area (Å²) in [7, 11) is 0. The number of carbonyl (C=O) groups is 1. The van der Waals surface area contributed by atoms with Crippen LogP contribution in [0.5, 0.6) is 5.75 Å². The minimum atomic E-state index is -1.52. The third kappa shape index (κ3) is 3.06. The average Bonchev–Trinajstić information content (AvgIpc) is 3.44. The molecule has 2 aromatic heterocycles. The molecular weight excluding hydrogens is 408 g/mol. The number of aromatic nitrogens is 2. The number of hydrogen-bond donors (Lipinski definition) is 2. The van der Waals surface area contributed by atoms with E-state index in [0.717, 1.165) is 25.9 Å². The van der Waals surface area contributed by atoms with Crippen molar-refractivity contribution >= 4 is 34.5 Å². The summed E-state index contributed by atoms with van der Waals surface area (Å²) in [5, 5.41) is 9.63. The zero-order chi connectivity index (χ0) is 21.2. The summed E-state index contributed by atoms with van der Waals surface area (Å²) in [4.78, 5) is 30.5.